The molecule has 0 spiro atoms. The van der Waals surface area contributed by atoms with Crippen LogP contribution in [0, 0.1) is 0 Å². The molecule has 0 fully saturated rings. The molecule has 0 saturated heterocycles. The number of hydrazone groups is 1. The first kappa shape index (κ1) is 11.9. The normalized spacial score (nSPS) is 19.2. The van der Waals surface area contributed by atoms with Crippen LogP contribution in [0.4, 0.5) is 0 Å². The third kappa shape index (κ3) is 2.35. The van der Waals surface area contributed by atoms with Crippen molar-refractivity contribution in [1.29, 1.82) is 0 Å². The predicted molar refractivity (Wildman–Crippen MR) is 76.7 cm³/mol. The molecule has 2 aliphatic heterocycles. The quantitative estimate of drug-likeness (QED) is 0.798. The molecule has 3 rings (SSSR count). The highest BCUT2D eigenvalue weighted by atomic mass is 79.9. The number of benzene rings is 1. The van der Waals surface area contributed by atoms with Crippen molar-refractivity contribution in [1.82, 2.24) is 5.01 Å². The van der Waals surface area contributed by atoms with Gasteiger partial charge in [0, 0.05) is 23.0 Å². The molecular formula is C12H10BrN3OS. The topological polar surface area (TPSA) is 45.0 Å². The number of rotatable bonds is 1. The first-order valence-electron chi connectivity index (χ1n) is 5.64. The van der Waals surface area contributed by atoms with Crippen LogP contribution in [-0.2, 0) is 4.79 Å². The van der Waals surface area contributed by atoms with Crippen LogP contribution in [0.3, 0.4) is 0 Å². The number of hydrogen-bond donors (Lipinski definition) is 0. The first-order chi connectivity index (χ1) is 8.72. The molecule has 18 heavy (non-hydrogen) atoms. The Morgan fingerprint density at radius 1 is 1.28 bits per heavy atom. The zero-order chi connectivity index (χ0) is 12.5. The molecule has 1 aromatic carbocycles. The number of hydrogen-bond acceptors (Lipinski definition) is 4. The molecule has 0 aliphatic carbocycles. The fourth-order valence-corrected chi connectivity index (χ4v) is 3.01. The van der Waals surface area contributed by atoms with E-state index in [0.717, 1.165) is 28.0 Å². The molecule has 0 unspecified atom stereocenters. The predicted octanol–water partition coefficient (Wildman–Crippen LogP) is 2.84. The van der Waals surface area contributed by atoms with Gasteiger partial charge < -0.3 is 0 Å². The lowest BCUT2D eigenvalue weighted by Crippen LogP contribution is -2.18. The standard InChI is InChI=1S/C12H10BrN3OS/c13-9-5-3-8(4-6-9)11-15-16-7-1-2-10(17)14-12(16)18-11/h3-6H,1-2,7H2. The molecule has 1 amide bonds. The van der Waals surface area contributed by atoms with Crippen molar-refractivity contribution in [2.45, 2.75) is 12.8 Å². The minimum atomic E-state index is -0.0488. The van der Waals surface area contributed by atoms with Crippen LogP contribution >= 0.6 is 27.7 Å². The Hall–Kier alpha value is -1.14. The Morgan fingerprint density at radius 3 is 2.83 bits per heavy atom. The molecule has 1 aromatic rings. The Kier molecular flexibility index (Phi) is 3.22. The van der Waals surface area contributed by atoms with Gasteiger partial charge in [0.25, 0.3) is 0 Å². The number of aliphatic imine (C=N–C) groups is 1. The summed E-state index contributed by atoms with van der Waals surface area (Å²) in [6.07, 6.45) is 1.33. The zero-order valence-electron chi connectivity index (χ0n) is 9.47. The van der Waals surface area contributed by atoms with Crippen LogP contribution in [0.15, 0.2) is 38.8 Å². The van der Waals surface area contributed by atoms with Gasteiger partial charge in [0.15, 0.2) is 5.17 Å². The van der Waals surface area contributed by atoms with E-state index in [4.69, 9.17) is 0 Å². The van der Waals surface area contributed by atoms with Crippen molar-refractivity contribution in [2.75, 3.05) is 6.54 Å². The summed E-state index contributed by atoms with van der Waals surface area (Å²) in [5, 5.41) is 7.95. The van der Waals surface area contributed by atoms with Gasteiger partial charge in [-0.25, -0.2) is 5.01 Å². The maximum Gasteiger partial charge on any atom is 0.248 e. The molecule has 6 heteroatoms. The number of amidine groups is 1. The van der Waals surface area contributed by atoms with E-state index in [1.165, 1.54) is 11.8 Å². The second kappa shape index (κ2) is 4.85. The van der Waals surface area contributed by atoms with E-state index in [0.29, 0.717) is 11.6 Å². The van der Waals surface area contributed by atoms with E-state index in [9.17, 15) is 4.79 Å². The second-order valence-electron chi connectivity index (χ2n) is 4.03. The maximum absolute atomic E-state index is 11.4. The highest BCUT2D eigenvalue weighted by Gasteiger charge is 2.26. The summed E-state index contributed by atoms with van der Waals surface area (Å²) >= 11 is 4.87. The van der Waals surface area contributed by atoms with Crippen molar-refractivity contribution in [3.05, 3.63) is 34.3 Å². The van der Waals surface area contributed by atoms with Crippen LogP contribution < -0.4 is 0 Å². The molecule has 0 aromatic heterocycles. The summed E-state index contributed by atoms with van der Waals surface area (Å²) in [6, 6.07) is 7.97. The fourth-order valence-electron chi connectivity index (χ4n) is 1.79. The number of thioether (sulfide) groups is 1. The van der Waals surface area contributed by atoms with E-state index in [-0.39, 0.29) is 5.91 Å². The van der Waals surface area contributed by atoms with Crippen molar-refractivity contribution >= 4 is 43.8 Å². The van der Waals surface area contributed by atoms with Crippen molar-refractivity contribution in [3.8, 4) is 0 Å². The number of carbonyl (C=O) groups excluding carboxylic acids is 1. The van der Waals surface area contributed by atoms with Crippen molar-refractivity contribution in [3.63, 3.8) is 0 Å². The third-order valence-corrected chi connectivity index (χ3v) is 4.22. The van der Waals surface area contributed by atoms with E-state index in [2.05, 4.69) is 26.0 Å². The molecule has 0 saturated carbocycles. The third-order valence-electron chi connectivity index (χ3n) is 2.69. The highest BCUT2D eigenvalue weighted by Crippen LogP contribution is 2.28. The van der Waals surface area contributed by atoms with Crippen LogP contribution in [0.1, 0.15) is 18.4 Å². The van der Waals surface area contributed by atoms with Crippen molar-refractivity contribution in [2.24, 2.45) is 10.1 Å². The van der Waals surface area contributed by atoms with Gasteiger partial charge in [-0.05, 0) is 30.3 Å². The second-order valence-corrected chi connectivity index (χ2v) is 5.90. The number of carbonyl (C=O) groups is 1. The molecule has 0 bridgehead atoms. The lowest BCUT2D eigenvalue weighted by Gasteiger charge is -2.09. The van der Waals surface area contributed by atoms with Gasteiger partial charge >= 0.3 is 0 Å². The summed E-state index contributed by atoms with van der Waals surface area (Å²) in [4.78, 5) is 15.5. The lowest BCUT2D eigenvalue weighted by molar-refractivity contribution is -0.117. The summed E-state index contributed by atoms with van der Waals surface area (Å²) in [5.74, 6) is -0.0488. The van der Waals surface area contributed by atoms with Crippen LogP contribution in [0.2, 0.25) is 0 Å². The number of amides is 1. The minimum Gasteiger partial charge on any atom is -0.273 e. The van der Waals surface area contributed by atoms with Gasteiger partial charge in [0.2, 0.25) is 5.91 Å². The molecule has 0 atom stereocenters. The smallest absolute Gasteiger partial charge is 0.248 e. The fraction of sp³-hybridized carbons (Fsp3) is 0.250. The molecule has 4 nitrogen and oxygen atoms in total. The maximum atomic E-state index is 11.4. The Labute approximate surface area is 117 Å². The van der Waals surface area contributed by atoms with Crippen LogP contribution in [0.25, 0.3) is 0 Å². The van der Waals surface area contributed by atoms with Gasteiger partial charge in [-0.15, -0.1) is 0 Å². The molecule has 2 heterocycles. The van der Waals surface area contributed by atoms with Crippen LogP contribution in [-0.4, -0.2) is 27.7 Å². The van der Waals surface area contributed by atoms with Gasteiger partial charge in [-0.1, -0.05) is 28.1 Å². The van der Waals surface area contributed by atoms with Gasteiger partial charge in [0.1, 0.15) is 5.04 Å². The molecular weight excluding hydrogens is 314 g/mol. The van der Waals surface area contributed by atoms with E-state index >= 15 is 0 Å². The molecule has 0 N–H and O–H groups in total. The Morgan fingerprint density at radius 2 is 2.06 bits per heavy atom. The minimum absolute atomic E-state index is 0.0488. The van der Waals surface area contributed by atoms with Gasteiger partial charge in [-0.2, -0.15) is 10.1 Å². The summed E-state index contributed by atoms with van der Waals surface area (Å²) in [7, 11) is 0. The Bertz CT molecular complexity index is 553. The number of fused-ring (bicyclic) bond motifs is 1. The van der Waals surface area contributed by atoms with E-state index in [1.54, 1.807) is 0 Å². The van der Waals surface area contributed by atoms with Crippen LogP contribution in [0.5, 0.6) is 0 Å². The van der Waals surface area contributed by atoms with Crippen molar-refractivity contribution < 1.29 is 4.79 Å². The number of nitrogens with zero attached hydrogens (tertiary/aromatic N) is 3. The highest BCUT2D eigenvalue weighted by molar-refractivity contribution is 9.10. The largest absolute Gasteiger partial charge is 0.273 e. The van der Waals surface area contributed by atoms with Gasteiger partial charge in [0.05, 0.1) is 0 Å². The first-order valence-corrected chi connectivity index (χ1v) is 7.25. The Balaban J connectivity index is 1.89. The molecule has 0 radical (unpaired) electrons. The van der Waals surface area contributed by atoms with E-state index in [1.807, 2.05) is 29.3 Å². The lowest BCUT2D eigenvalue weighted by atomic mass is 10.2. The summed E-state index contributed by atoms with van der Waals surface area (Å²) < 4.78 is 1.04. The molecule has 2 aliphatic rings. The summed E-state index contributed by atoms with van der Waals surface area (Å²) in [6.45, 7) is 0.762. The monoisotopic (exact) mass is 323 g/mol. The average Bonchev–Trinajstić information content (AvgIpc) is 2.65. The zero-order valence-corrected chi connectivity index (χ0v) is 11.9. The molecule has 92 valence electrons. The SMILES string of the molecule is O=C1CCCN2N=C(c3ccc(Br)cc3)SC2=N1. The van der Waals surface area contributed by atoms with Gasteiger partial charge in [-0.3, -0.25) is 4.79 Å². The summed E-state index contributed by atoms with van der Waals surface area (Å²) in [5.41, 5.74) is 1.05. The van der Waals surface area contributed by atoms with E-state index < -0.39 is 0 Å². The number of halogens is 1. The average molecular weight is 324 g/mol.